The van der Waals surface area contributed by atoms with Crippen LogP contribution < -0.4 is 5.32 Å². The second-order valence-electron chi connectivity index (χ2n) is 6.99. The van der Waals surface area contributed by atoms with E-state index in [2.05, 4.69) is 41.2 Å². The molecule has 3 rings (SSSR count). The van der Waals surface area contributed by atoms with Gasteiger partial charge in [0.25, 0.3) is 0 Å². The van der Waals surface area contributed by atoms with Crippen molar-refractivity contribution >= 4 is 16.9 Å². The molecule has 5 nitrogen and oxygen atoms in total. The molecule has 5 heteroatoms. The number of aromatic nitrogens is 1. The third kappa shape index (κ3) is 3.73. The number of hydrogen-bond donors (Lipinski definition) is 2. The van der Waals surface area contributed by atoms with E-state index in [1.165, 1.54) is 23.8 Å². The van der Waals surface area contributed by atoms with E-state index in [9.17, 15) is 4.79 Å². The number of rotatable bonds is 5. The summed E-state index contributed by atoms with van der Waals surface area (Å²) in [6.45, 7) is 8.02. The second-order valence-corrected chi connectivity index (χ2v) is 6.99. The molecule has 130 valence electrons. The molecule has 0 radical (unpaired) electrons. The SMILES string of the molecule is Cc1c(CN(C)C(=O)N[C@@H](C)CN2CCCC2)[nH]c2ccccc12. The molecule has 2 aromatic rings. The summed E-state index contributed by atoms with van der Waals surface area (Å²) in [7, 11) is 1.85. The fourth-order valence-corrected chi connectivity index (χ4v) is 3.52. The number of carbonyl (C=O) groups is 1. The number of fused-ring (bicyclic) bond motifs is 1. The molecule has 1 aliphatic rings. The summed E-state index contributed by atoms with van der Waals surface area (Å²) in [4.78, 5) is 20.0. The van der Waals surface area contributed by atoms with E-state index in [0.717, 1.165) is 30.8 Å². The molecule has 1 aliphatic heterocycles. The number of carbonyl (C=O) groups excluding carboxylic acids is 1. The van der Waals surface area contributed by atoms with Crippen molar-refractivity contribution in [3.8, 4) is 0 Å². The van der Waals surface area contributed by atoms with Crippen LogP contribution in [0.1, 0.15) is 31.0 Å². The maximum Gasteiger partial charge on any atom is 0.317 e. The van der Waals surface area contributed by atoms with Crippen molar-refractivity contribution in [2.75, 3.05) is 26.7 Å². The molecule has 0 bridgehead atoms. The van der Waals surface area contributed by atoms with E-state index in [1.54, 1.807) is 4.90 Å². The zero-order valence-electron chi connectivity index (χ0n) is 14.9. The highest BCUT2D eigenvalue weighted by atomic mass is 16.2. The predicted molar refractivity (Wildman–Crippen MR) is 98.2 cm³/mol. The zero-order valence-corrected chi connectivity index (χ0v) is 14.9. The number of nitrogens with zero attached hydrogens (tertiary/aromatic N) is 2. The normalized spacial score (nSPS) is 16.5. The Bertz CT molecular complexity index is 702. The molecule has 2 N–H and O–H groups in total. The standard InChI is InChI=1S/C19H28N4O/c1-14(12-23-10-6-7-11-23)20-19(24)22(3)13-18-15(2)16-8-4-5-9-17(16)21-18/h4-5,8-9,14,21H,6-7,10-13H2,1-3H3,(H,20,24)/t14-/m0/s1. The van der Waals surface area contributed by atoms with Gasteiger partial charge in [-0.05, 0) is 51.4 Å². The topological polar surface area (TPSA) is 51.4 Å². The van der Waals surface area contributed by atoms with Crippen LogP contribution in [0.2, 0.25) is 0 Å². The summed E-state index contributed by atoms with van der Waals surface area (Å²) in [5.74, 6) is 0. The lowest BCUT2D eigenvalue weighted by atomic mass is 10.1. The first kappa shape index (κ1) is 16.8. The lowest BCUT2D eigenvalue weighted by molar-refractivity contribution is 0.198. The van der Waals surface area contributed by atoms with Gasteiger partial charge in [-0.2, -0.15) is 0 Å². The Hall–Kier alpha value is -2.01. The first-order valence-corrected chi connectivity index (χ1v) is 8.85. The van der Waals surface area contributed by atoms with E-state index < -0.39 is 0 Å². The number of nitrogens with one attached hydrogen (secondary N) is 2. The number of aryl methyl sites for hydroxylation is 1. The largest absolute Gasteiger partial charge is 0.357 e. The van der Waals surface area contributed by atoms with Gasteiger partial charge < -0.3 is 20.1 Å². The number of amides is 2. The molecule has 2 heterocycles. The molecule has 0 aliphatic carbocycles. The number of H-pyrrole nitrogens is 1. The van der Waals surface area contributed by atoms with Gasteiger partial charge in [0.15, 0.2) is 0 Å². The van der Waals surface area contributed by atoms with Gasteiger partial charge in [0, 0.05) is 36.2 Å². The maximum atomic E-state index is 12.4. The number of hydrogen-bond acceptors (Lipinski definition) is 2. The van der Waals surface area contributed by atoms with Crippen molar-refractivity contribution in [3.05, 3.63) is 35.5 Å². The van der Waals surface area contributed by atoms with Crippen LogP contribution in [0.15, 0.2) is 24.3 Å². The third-order valence-corrected chi connectivity index (χ3v) is 4.91. The van der Waals surface area contributed by atoms with Gasteiger partial charge >= 0.3 is 6.03 Å². The summed E-state index contributed by atoms with van der Waals surface area (Å²) < 4.78 is 0. The fourth-order valence-electron chi connectivity index (χ4n) is 3.52. The van der Waals surface area contributed by atoms with Gasteiger partial charge in [-0.15, -0.1) is 0 Å². The average molecular weight is 328 g/mol. The quantitative estimate of drug-likeness (QED) is 0.886. The number of benzene rings is 1. The minimum atomic E-state index is -0.0141. The van der Waals surface area contributed by atoms with Crippen LogP contribution in [0.3, 0.4) is 0 Å². The zero-order chi connectivity index (χ0) is 17.1. The Kier molecular flexibility index (Phi) is 5.09. The summed E-state index contributed by atoms with van der Waals surface area (Å²) in [6.07, 6.45) is 2.56. The Balaban J connectivity index is 1.57. The molecule has 0 spiro atoms. The van der Waals surface area contributed by atoms with Crippen LogP contribution in [-0.2, 0) is 6.54 Å². The maximum absolute atomic E-state index is 12.4. The summed E-state index contributed by atoms with van der Waals surface area (Å²) in [6, 6.07) is 8.41. The van der Waals surface area contributed by atoms with Gasteiger partial charge in [-0.25, -0.2) is 4.79 Å². The smallest absolute Gasteiger partial charge is 0.317 e. The average Bonchev–Trinajstić information content (AvgIpc) is 3.16. The Morgan fingerprint density at radius 2 is 2.04 bits per heavy atom. The highest BCUT2D eigenvalue weighted by Crippen LogP contribution is 2.22. The van der Waals surface area contributed by atoms with E-state index in [-0.39, 0.29) is 12.1 Å². The van der Waals surface area contributed by atoms with Crippen LogP contribution in [0.25, 0.3) is 10.9 Å². The van der Waals surface area contributed by atoms with Gasteiger partial charge in [0.1, 0.15) is 0 Å². The van der Waals surface area contributed by atoms with Gasteiger partial charge in [-0.3, -0.25) is 0 Å². The van der Waals surface area contributed by atoms with Crippen molar-refractivity contribution in [1.29, 1.82) is 0 Å². The van der Waals surface area contributed by atoms with Gasteiger partial charge in [0.05, 0.1) is 6.54 Å². The van der Waals surface area contributed by atoms with Crippen LogP contribution in [0.4, 0.5) is 4.79 Å². The van der Waals surface area contributed by atoms with Crippen molar-refractivity contribution in [2.45, 2.75) is 39.3 Å². The summed E-state index contributed by atoms with van der Waals surface area (Å²) >= 11 is 0. The highest BCUT2D eigenvalue weighted by molar-refractivity contribution is 5.84. The van der Waals surface area contributed by atoms with Crippen LogP contribution in [0, 0.1) is 6.92 Å². The van der Waals surface area contributed by atoms with E-state index in [4.69, 9.17) is 0 Å². The Labute approximate surface area is 144 Å². The van der Waals surface area contributed by atoms with Gasteiger partial charge in [-0.1, -0.05) is 18.2 Å². The number of urea groups is 1. The van der Waals surface area contributed by atoms with E-state index in [0.29, 0.717) is 6.54 Å². The van der Waals surface area contributed by atoms with Gasteiger partial charge in [0.2, 0.25) is 0 Å². The molecule has 24 heavy (non-hydrogen) atoms. The Morgan fingerprint density at radius 3 is 2.75 bits per heavy atom. The molecule has 1 fully saturated rings. The van der Waals surface area contributed by atoms with Crippen LogP contribution in [0.5, 0.6) is 0 Å². The third-order valence-electron chi connectivity index (χ3n) is 4.91. The Morgan fingerprint density at radius 1 is 1.33 bits per heavy atom. The van der Waals surface area contributed by atoms with E-state index in [1.807, 2.05) is 19.2 Å². The molecule has 0 unspecified atom stereocenters. The second kappa shape index (κ2) is 7.26. The molecule has 0 saturated carbocycles. The van der Waals surface area contributed by atoms with Crippen LogP contribution in [-0.4, -0.2) is 53.5 Å². The fraction of sp³-hybridized carbons (Fsp3) is 0.526. The number of likely N-dealkylation sites (tertiary alicyclic amines) is 1. The number of aromatic amines is 1. The minimum absolute atomic E-state index is 0.0141. The van der Waals surface area contributed by atoms with E-state index >= 15 is 0 Å². The molecular formula is C19H28N4O. The molecular weight excluding hydrogens is 300 g/mol. The number of para-hydroxylation sites is 1. The molecule has 1 saturated heterocycles. The summed E-state index contributed by atoms with van der Waals surface area (Å²) in [5.41, 5.74) is 3.44. The van der Waals surface area contributed by atoms with Crippen molar-refractivity contribution in [2.24, 2.45) is 0 Å². The predicted octanol–water partition coefficient (Wildman–Crippen LogP) is 3.10. The monoisotopic (exact) mass is 328 g/mol. The summed E-state index contributed by atoms with van der Waals surface area (Å²) in [5, 5.41) is 4.34. The first-order chi connectivity index (χ1) is 11.5. The molecule has 1 atom stereocenters. The van der Waals surface area contributed by atoms with Crippen molar-refractivity contribution in [1.82, 2.24) is 20.1 Å². The van der Waals surface area contributed by atoms with Crippen molar-refractivity contribution < 1.29 is 4.79 Å². The minimum Gasteiger partial charge on any atom is -0.357 e. The lowest BCUT2D eigenvalue weighted by Gasteiger charge is -2.24. The molecule has 1 aromatic carbocycles. The van der Waals surface area contributed by atoms with Crippen molar-refractivity contribution in [3.63, 3.8) is 0 Å². The lowest BCUT2D eigenvalue weighted by Crippen LogP contribution is -2.46. The molecule has 1 aromatic heterocycles. The first-order valence-electron chi connectivity index (χ1n) is 8.85. The van der Waals surface area contributed by atoms with Crippen LogP contribution >= 0.6 is 0 Å². The molecule has 2 amide bonds. The highest BCUT2D eigenvalue weighted by Gasteiger charge is 2.18.